The second-order valence-corrected chi connectivity index (χ2v) is 4.76. The predicted octanol–water partition coefficient (Wildman–Crippen LogP) is 3.58. The van der Waals surface area contributed by atoms with Crippen LogP contribution in [0.3, 0.4) is 0 Å². The lowest BCUT2D eigenvalue weighted by Gasteiger charge is -2.09. The fraction of sp³-hybridized carbons (Fsp3) is 0.133. The molecular formula is C15H13ClFNO3. The molecule has 0 aromatic heterocycles. The van der Waals surface area contributed by atoms with E-state index in [1.54, 1.807) is 18.2 Å². The van der Waals surface area contributed by atoms with Gasteiger partial charge in [-0.25, -0.2) is 9.18 Å². The number of phenols is 1. The number of anilines is 1. The molecule has 2 aromatic rings. The summed E-state index contributed by atoms with van der Waals surface area (Å²) in [7, 11) is 1.27. The van der Waals surface area contributed by atoms with Crippen molar-refractivity contribution in [2.24, 2.45) is 0 Å². The van der Waals surface area contributed by atoms with Crippen LogP contribution >= 0.6 is 11.6 Å². The first-order valence-electron chi connectivity index (χ1n) is 6.10. The summed E-state index contributed by atoms with van der Waals surface area (Å²) in [6, 6.07) is 8.60. The van der Waals surface area contributed by atoms with E-state index in [1.807, 2.05) is 0 Å². The van der Waals surface area contributed by atoms with Gasteiger partial charge in [0.2, 0.25) is 0 Å². The Morgan fingerprint density at radius 2 is 2.10 bits per heavy atom. The number of carbonyl (C=O) groups is 1. The number of halogens is 2. The van der Waals surface area contributed by atoms with E-state index in [-0.39, 0.29) is 22.9 Å². The summed E-state index contributed by atoms with van der Waals surface area (Å²) < 4.78 is 17.8. The highest BCUT2D eigenvalue weighted by Crippen LogP contribution is 2.22. The van der Waals surface area contributed by atoms with Crippen LogP contribution < -0.4 is 5.32 Å². The molecular weight excluding hydrogens is 297 g/mol. The van der Waals surface area contributed by atoms with Crippen molar-refractivity contribution >= 4 is 23.3 Å². The zero-order valence-electron chi connectivity index (χ0n) is 11.2. The first-order chi connectivity index (χ1) is 9.99. The van der Waals surface area contributed by atoms with Gasteiger partial charge in [-0.15, -0.1) is 0 Å². The number of carbonyl (C=O) groups excluding carboxylic acids is 1. The van der Waals surface area contributed by atoms with Crippen molar-refractivity contribution in [1.82, 2.24) is 0 Å². The number of rotatable bonds is 4. The zero-order chi connectivity index (χ0) is 15.4. The maximum atomic E-state index is 13.2. The number of nitrogens with one attached hydrogen (secondary N) is 1. The minimum absolute atomic E-state index is 0.141. The molecule has 2 rings (SSSR count). The molecule has 0 atom stereocenters. The van der Waals surface area contributed by atoms with Crippen molar-refractivity contribution in [3.63, 3.8) is 0 Å². The quantitative estimate of drug-likeness (QED) is 0.848. The van der Waals surface area contributed by atoms with Gasteiger partial charge in [-0.3, -0.25) is 0 Å². The van der Waals surface area contributed by atoms with Gasteiger partial charge in [0.05, 0.1) is 17.7 Å². The number of benzene rings is 2. The molecule has 0 fully saturated rings. The number of aromatic hydroxyl groups is 1. The Labute approximate surface area is 126 Å². The van der Waals surface area contributed by atoms with Crippen LogP contribution in [0.25, 0.3) is 0 Å². The zero-order valence-corrected chi connectivity index (χ0v) is 11.9. The minimum Gasteiger partial charge on any atom is -0.508 e. The van der Waals surface area contributed by atoms with Crippen molar-refractivity contribution in [2.75, 3.05) is 12.4 Å². The van der Waals surface area contributed by atoms with Gasteiger partial charge in [0.1, 0.15) is 11.6 Å². The normalized spacial score (nSPS) is 10.2. The molecule has 0 amide bonds. The Hall–Kier alpha value is -2.27. The maximum absolute atomic E-state index is 13.2. The second kappa shape index (κ2) is 6.45. The standard InChI is InChI=1S/C15H13ClFNO3/c1-21-15(20)13-7-11(2-3-14(13)16)18-8-9-4-10(17)6-12(19)5-9/h2-7,18-19H,8H2,1H3. The monoisotopic (exact) mass is 309 g/mol. The van der Waals surface area contributed by atoms with E-state index in [9.17, 15) is 14.3 Å². The van der Waals surface area contributed by atoms with E-state index in [2.05, 4.69) is 10.1 Å². The van der Waals surface area contributed by atoms with Crippen molar-refractivity contribution in [2.45, 2.75) is 6.54 Å². The molecule has 110 valence electrons. The summed E-state index contributed by atoms with van der Waals surface area (Å²) in [4.78, 5) is 11.5. The molecule has 6 heteroatoms. The molecule has 0 heterocycles. The largest absolute Gasteiger partial charge is 0.508 e. The van der Waals surface area contributed by atoms with Gasteiger partial charge in [-0.05, 0) is 35.9 Å². The third kappa shape index (κ3) is 3.86. The molecule has 0 aliphatic carbocycles. The molecule has 0 aliphatic rings. The van der Waals surface area contributed by atoms with Gasteiger partial charge < -0.3 is 15.2 Å². The number of esters is 1. The van der Waals surface area contributed by atoms with Gasteiger partial charge in [0.15, 0.2) is 0 Å². The van der Waals surface area contributed by atoms with Gasteiger partial charge in [0.25, 0.3) is 0 Å². The number of phenolic OH excluding ortho intramolecular Hbond substituents is 1. The van der Waals surface area contributed by atoms with Crippen molar-refractivity contribution in [3.05, 3.63) is 58.4 Å². The number of hydrogen-bond donors (Lipinski definition) is 2. The van der Waals surface area contributed by atoms with E-state index in [0.717, 1.165) is 6.07 Å². The topological polar surface area (TPSA) is 58.6 Å². The average Bonchev–Trinajstić information content (AvgIpc) is 2.44. The highest BCUT2D eigenvalue weighted by atomic mass is 35.5. The van der Waals surface area contributed by atoms with Crippen LogP contribution in [0.1, 0.15) is 15.9 Å². The van der Waals surface area contributed by atoms with Gasteiger partial charge in [0, 0.05) is 18.3 Å². The van der Waals surface area contributed by atoms with Gasteiger partial charge >= 0.3 is 5.97 Å². The van der Waals surface area contributed by atoms with E-state index in [1.165, 1.54) is 19.2 Å². The number of methoxy groups -OCH3 is 1. The summed E-state index contributed by atoms with van der Waals surface area (Å²) in [5, 5.41) is 12.6. The predicted molar refractivity (Wildman–Crippen MR) is 78.2 cm³/mol. The fourth-order valence-corrected chi connectivity index (χ4v) is 2.04. The third-order valence-electron chi connectivity index (χ3n) is 2.81. The van der Waals surface area contributed by atoms with E-state index in [0.29, 0.717) is 11.3 Å². The summed E-state index contributed by atoms with van der Waals surface area (Å²) in [5.41, 5.74) is 1.44. The van der Waals surface area contributed by atoms with Gasteiger partial charge in [-0.1, -0.05) is 11.6 Å². The van der Waals surface area contributed by atoms with Crippen LogP contribution in [-0.4, -0.2) is 18.2 Å². The lowest BCUT2D eigenvalue weighted by atomic mass is 10.1. The molecule has 21 heavy (non-hydrogen) atoms. The van der Waals surface area contributed by atoms with E-state index >= 15 is 0 Å². The summed E-state index contributed by atoms with van der Waals surface area (Å²) in [6.07, 6.45) is 0. The Morgan fingerprint density at radius 1 is 1.33 bits per heavy atom. The molecule has 0 saturated heterocycles. The Morgan fingerprint density at radius 3 is 2.76 bits per heavy atom. The fourth-order valence-electron chi connectivity index (χ4n) is 1.84. The van der Waals surface area contributed by atoms with Crippen molar-refractivity contribution in [1.29, 1.82) is 0 Å². The van der Waals surface area contributed by atoms with Crippen LogP contribution in [0.4, 0.5) is 10.1 Å². The van der Waals surface area contributed by atoms with Crippen molar-refractivity contribution < 1.29 is 19.0 Å². The van der Waals surface area contributed by atoms with E-state index in [4.69, 9.17) is 11.6 Å². The molecule has 2 aromatic carbocycles. The molecule has 0 aliphatic heterocycles. The molecule has 0 radical (unpaired) electrons. The van der Waals surface area contributed by atoms with Gasteiger partial charge in [-0.2, -0.15) is 0 Å². The molecule has 0 saturated carbocycles. The molecule has 4 nitrogen and oxygen atoms in total. The Bertz CT molecular complexity index is 656. The molecule has 0 unspecified atom stereocenters. The first-order valence-corrected chi connectivity index (χ1v) is 6.47. The Kier molecular flexibility index (Phi) is 4.65. The van der Waals surface area contributed by atoms with Crippen LogP contribution in [0.5, 0.6) is 5.75 Å². The first kappa shape index (κ1) is 15.1. The number of hydrogen-bond acceptors (Lipinski definition) is 4. The molecule has 0 spiro atoms. The van der Waals surface area contributed by atoms with E-state index < -0.39 is 11.8 Å². The highest BCUT2D eigenvalue weighted by Gasteiger charge is 2.11. The number of ether oxygens (including phenoxy) is 1. The smallest absolute Gasteiger partial charge is 0.339 e. The summed E-state index contributed by atoms with van der Waals surface area (Å²) in [6.45, 7) is 0.285. The molecule has 2 N–H and O–H groups in total. The van der Waals surface area contributed by atoms with Crippen LogP contribution in [-0.2, 0) is 11.3 Å². The lowest BCUT2D eigenvalue weighted by Crippen LogP contribution is -2.05. The second-order valence-electron chi connectivity index (χ2n) is 4.36. The highest BCUT2D eigenvalue weighted by molar-refractivity contribution is 6.33. The van der Waals surface area contributed by atoms with Crippen molar-refractivity contribution in [3.8, 4) is 5.75 Å². The minimum atomic E-state index is -0.535. The maximum Gasteiger partial charge on any atom is 0.339 e. The summed E-state index contributed by atoms with van der Waals surface area (Å²) in [5.74, 6) is -1.19. The third-order valence-corrected chi connectivity index (χ3v) is 3.14. The molecule has 0 bridgehead atoms. The summed E-state index contributed by atoms with van der Waals surface area (Å²) >= 11 is 5.92. The average molecular weight is 310 g/mol. The Balaban J connectivity index is 2.15. The van der Waals surface area contributed by atoms with Crippen LogP contribution in [0, 0.1) is 5.82 Å². The SMILES string of the molecule is COC(=O)c1cc(NCc2cc(O)cc(F)c2)ccc1Cl. The van der Waals surface area contributed by atoms with Crippen LogP contribution in [0.2, 0.25) is 5.02 Å². The van der Waals surface area contributed by atoms with Crippen LogP contribution in [0.15, 0.2) is 36.4 Å². The lowest BCUT2D eigenvalue weighted by molar-refractivity contribution is 0.0601.